The molecule has 0 bridgehead atoms. The smallest absolute Gasteiger partial charge is 0.157 e. The number of anilines is 1. The Bertz CT molecular complexity index is 1400. The highest BCUT2D eigenvalue weighted by atomic mass is 32.1. The van der Waals surface area contributed by atoms with Crippen LogP contribution in [0.2, 0.25) is 0 Å². The average molecular weight is 415 g/mol. The van der Waals surface area contributed by atoms with Crippen LogP contribution in [0.3, 0.4) is 0 Å². The normalized spacial score (nSPS) is 14.4. The van der Waals surface area contributed by atoms with E-state index in [-0.39, 0.29) is 5.82 Å². The summed E-state index contributed by atoms with van der Waals surface area (Å²) in [5.74, 6) is 0.0229. The molecular weight excluding hydrogens is 397 g/mol. The molecule has 1 aliphatic carbocycles. The summed E-state index contributed by atoms with van der Waals surface area (Å²) in [6, 6.07) is 11.9. The quantitative estimate of drug-likeness (QED) is 0.403. The lowest BCUT2D eigenvalue weighted by Crippen LogP contribution is -2.16. The second-order valence-corrected chi connectivity index (χ2v) is 8.61. The Hall–Kier alpha value is -3.32. The molecule has 5 nitrogen and oxygen atoms in total. The Morgan fingerprint density at radius 1 is 1.07 bits per heavy atom. The molecule has 6 rings (SSSR count). The van der Waals surface area contributed by atoms with Crippen molar-refractivity contribution in [1.29, 1.82) is 0 Å². The predicted octanol–water partition coefficient (Wildman–Crippen LogP) is 5.82. The molecule has 0 spiro atoms. The predicted molar refractivity (Wildman–Crippen MR) is 119 cm³/mol. The number of halogens is 1. The molecule has 7 heteroatoms. The third kappa shape index (κ3) is 2.55. The monoisotopic (exact) mass is 415 g/mol. The van der Waals surface area contributed by atoms with Gasteiger partial charge in [-0.3, -0.25) is 0 Å². The van der Waals surface area contributed by atoms with Crippen LogP contribution in [0.1, 0.15) is 25.3 Å². The van der Waals surface area contributed by atoms with Gasteiger partial charge in [0.1, 0.15) is 23.3 Å². The largest absolute Gasteiger partial charge is 0.383 e. The summed E-state index contributed by atoms with van der Waals surface area (Å²) in [7, 11) is 0. The molecule has 2 N–H and O–H groups in total. The zero-order valence-corrected chi connectivity index (χ0v) is 16.9. The minimum absolute atomic E-state index is 0.346. The van der Waals surface area contributed by atoms with Gasteiger partial charge in [-0.15, -0.1) is 11.3 Å². The first-order valence-corrected chi connectivity index (χ1v) is 10.8. The van der Waals surface area contributed by atoms with Crippen LogP contribution >= 0.6 is 11.3 Å². The highest BCUT2D eigenvalue weighted by Crippen LogP contribution is 2.41. The first-order valence-electron chi connectivity index (χ1n) is 9.95. The van der Waals surface area contributed by atoms with E-state index in [4.69, 9.17) is 5.73 Å². The van der Waals surface area contributed by atoms with Crippen LogP contribution in [-0.4, -0.2) is 19.5 Å². The zero-order valence-electron chi connectivity index (χ0n) is 16.0. The van der Waals surface area contributed by atoms with E-state index in [1.165, 1.54) is 12.7 Å². The highest BCUT2D eigenvalue weighted by molar-refractivity contribution is 7.13. The number of rotatable bonds is 3. The Morgan fingerprint density at radius 2 is 1.93 bits per heavy atom. The Balaban J connectivity index is 1.60. The minimum atomic E-state index is -0.346. The standard InChI is InChI=1S/C23H18FN5S/c24-20-15(8-6-13-7-9-17(28-21(13)20)18-5-2-10-30-18)16-11-29(14-3-1-4-14)23-19(16)22(25)26-12-27-23/h2,5-12,14H,1,3-4H2,(H2,25,26,27). The number of thiophene rings is 1. The maximum Gasteiger partial charge on any atom is 0.157 e. The van der Waals surface area contributed by atoms with E-state index in [1.807, 2.05) is 41.9 Å². The topological polar surface area (TPSA) is 69.6 Å². The Labute approximate surface area is 176 Å². The van der Waals surface area contributed by atoms with E-state index in [0.29, 0.717) is 28.3 Å². The van der Waals surface area contributed by atoms with Crippen molar-refractivity contribution in [2.45, 2.75) is 25.3 Å². The SMILES string of the molecule is Nc1ncnc2c1c(-c1ccc3ccc(-c4cccs4)nc3c1F)cn2C1CCC1. The van der Waals surface area contributed by atoms with Gasteiger partial charge in [0.05, 0.1) is 16.0 Å². The van der Waals surface area contributed by atoms with Crippen LogP contribution in [0.4, 0.5) is 10.2 Å². The molecule has 4 aromatic heterocycles. The van der Waals surface area contributed by atoms with Crippen molar-refractivity contribution >= 4 is 39.1 Å². The number of nitrogen functional groups attached to an aromatic ring is 1. The van der Waals surface area contributed by atoms with Crippen molar-refractivity contribution in [2.24, 2.45) is 0 Å². The molecule has 1 aliphatic rings. The second-order valence-electron chi connectivity index (χ2n) is 7.66. The summed E-state index contributed by atoms with van der Waals surface area (Å²) in [5.41, 5.74) is 9.31. The van der Waals surface area contributed by atoms with E-state index in [9.17, 15) is 0 Å². The van der Waals surface area contributed by atoms with Gasteiger partial charge >= 0.3 is 0 Å². The molecule has 1 aromatic carbocycles. The van der Waals surface area contributed by atoms with Crippen LogP contribution in [0.5, 0.6) is 0 Å². The number of aromatic nitrogens is 4. The van der Waals surface area contributed by atoms with Crippen molar-refractivity contribution in [3.63, 3.8) is 0 Å². The average Bonchev–Trinajstić information content (AvgIpc) is 3.37. The number of hydrogen-bond acceptors (Lipinski definition) is 5. The summed E-state index contributed by atoms with van der Waals surface area (Å²) in [6.07, 6.45) is 6.84. The van der Waals surface area contributed by atoms with Gasteiger partial charge in [-0.05, 0) is 36.8 Å². The van der Waals surface area contributed by atoms with Gasteiger partial charge in [-0.2, -0.15) is 0 Å². The van der Waals surface area contributed by atoms with Crippen LogP contribution in [-0.2, 0) is 0 Å². The first-order chi connectivity index (χ1) is 14.7. The Morgan fingerprint density at radius 3 is 2.70 bits per heavy atom. The van der Waals surface area contributed by atoms with E-state index in [2.05, 4.69) is 19.5 Å². The molecule has 0 atom stereocenters. The lowest BCUT2D eigenvalue weighted by atomic mass is 9.93. The van der Waals surface area contributed by atoms with Gasteiger partial charge in [0.15, 0.2) is 5.82 Å². The number of benzene rings is 1. The van der Waals surface area contributed by atoms with Crippen LogP contribution in [0.25, 0.3) is 43.6 Å². The van der Waals surface area contributed by atoms with Crippen LogP contribution < -0.4 is 5.73 Å². The maximum atomic E-state index is 15.8. The summed E-state index contributed by atoms with van der Waals surface area (Å²) in [5, 5.41) is 3.46. The third-order valence-electron chi connectivity index (χ3n) is 5.97. The van der Waals surface area contributed by atoms with Gasteiger partial charge in [0.25, 0.3) is 0 Å². The van der Waals surface area contributed by atoms with Crippen molar-refractivity contribution < 1.29 is 4.39 Å². The zero-order chi connectivity index (χ0) is 20.2. The van der Waals surface area contributed by atoms with Gasteiger partial charge < -0.3 is 10.3 Å². The van der Waals surface area contributed by atoms with Gasteiger partial charge in [-0.25, -0.2) is 19.3 Å². The van der Waals surface area contributed by atoms with E-state index in [0.717, 1.165) is 40.0 Å². The lowest BCUT2D eigenvalue weighted by Gasteiger charge is -2.27. The third-order valence-corrected chi connectivity index (χ3v) is 6.86. The van der Waals surface area contributed by atoms with Crippen molar-refractivity contribution in [2.75, 3.05) is 5.73 Å². The van der Waals surface area contributed by atoms with E-state index < -0.39 is 0 Å². The summed E-state index contributed by atoms with van der Waals surface area (Å²) in [4.78, 5) is 14.3. The number of hydrogen-bond donors (Lipinski definition) is 1. The number of fused-ring (bicyclic) bond motifs is 2. The fraction of sp³-hybridized carbons (Fsp3) is 0.174. The van der Waals surface area contributed by atoms with Crippen molar-refractivity contribution in [1.82, 2.24) is 19.5 Å². The molecule has 0 amide bonds. The number of nitrogens with two attached hydrogens (primary N) is 1. The van der Waals surface area contributed by atoms with E-state index >= 15 is 4.39 Å². The lowest BCUT2D eigenvalue weighted by molar-refractivity contribution is 0.320. The minimum Gasteiger partial charge on any atom is -0.383 e. The molecule has 1 fully saturated rings. The molecule has 4 heterocycles. The molecule has 0 unspecified atom stereocenters. The highest BCUT2D eigenvalue weighted by Gasteiger charge is 2.26. The summed E-state index contributed by atoms with van der Waals surface area (Å²) < 4.78 is 17.9. The number of nitrogens with zero attached hydrogens (tertiary/aromatic N) is 4. The molecule has 0 aliphatic heterocycles. The fourth-order valence-corrected chi connectivity index (χ4v) is 4.87. The van der Waals surface area contributed by atoms with E-state index in [1.54, 1.807) is 17.4 Å². The van der Waals surface area contributed by atoms with Crippen molar-refractivity contribution in [3.8, 4) is 21.7 Å². The molecule has 0 saturated heterocycles. The second kappa shape index (κ2) is 6.60. The molecule has 1 saturated carbocycles. The summed E-state index contributed by atoms with van der Waals surface area (Å²) in [6.45, 7) is 0. The molecule has 0 radical (unpaired) electrons. The van der Waals surface area contributed by atoms with Gasteiger partial charge in [0, 0.05) is 28.8 Å². The van der Waals surface area contributed by atoms with Crippen LogP contribution in [0.15, 0.2) is 54.3 Å². The van der Waals surface area contributed by atoms with Gasteiger partial charge in [-0.1, -0.05) is 24.3 Å². The maximum absolute atomic E-state index is 15.8. The van der Waals surface area contributed by atoms with Crippen LogP contribution in [0, 0.1) is 5.82 Å². The summed E-state index contributed by atoms with van der Waals surface area (Å²) >= 11 is 1.59. The van der Waals surface area contributed by atoms with Crippen molar-refractivity contribution in [3.05, 3.63) is 60.1 Å². The molecule has 5 aromatic rings. The molecule has 148 valence electrons. The molecular formula is C23H18FN5S. The fourth-order valence-electron chi connectivity index (χ4n) is 4.18. The Kier molecular flexibility index (Phi) is 3.86. The van der Waals surface area contributed by atoms with Gasteiger partial charge in [0.2, 0.25) is 0 Å². The number of pyridine rings is 1. The molecule has 30 heavy (non-hydrogen) atoms. The first kappa shape index (κ1) is 17.5.